The zero-order valence-corrected chi connectivity index (χ0v) is 11.6. The molecule has 0 aliphatic carbocycles. The fourth-order valence-corrected chi connectivity index (χ4v) is 1.65. The number of quaternary nitrogens is 1. The van der Waals surface area contributed by atoms with Crippen LogP contribution in [-0.4, -0.2) is 24.5 Å². The van der Waals surface area contributed by atoms with Gasteiger partial charge in [0.25, 0.3) is 5.91 Å². The highest BCUT2D eigenvalue weighted by molar-refractivity contribution is 5.94. The summed E-state index contributed by atoms with van der Waals surface area (Å²) in [5.74, 6) is -0.291. The van der Waals surface area contributed by atoms with Gasteiger partial charge in [0.2, 0.25) is 0 Å². The van der Waals surface area contributed by atoms with Crippen LogP contribution < -0.4 is 16.0 Å². The minimum atomic E-state index is -0.444. The Balaban J connectivity index is 2.32. The van der Waals surface area contributed by atoms with Gasteiger partial charge < -0.3 is 10.6 Å². The first-order chi connectivity index (χ1) is 8.99. The lowest BCUT2D eigenvalue weighted by Crippen LogP contribution is -2.87. The Kier molecular flexibility index (Phi) is 6.02. The van der Waals surface area contributed by atoms with E-state index >= 15 is 0 Å². The number of nitrogens with two attached hydrogens (primary N) is 1. The van der Waals surface area contributed by atoms with E-state index in [9.17, 15) is 9.59 Å². The van der Waals surface area contributed by atoms with Gasteiger partial charge in [-0.25, -0.2) is 4.79 Å². The quantitative estimate of drug-likeness (QED) is 0.726. The highest BCUT2D eigenvalue weighted by Gasteiger charge is 2.13. The molecule has 0 heterocycles. The number of urea groups is 1. The Morgan fingerprint density at radius 3 is 2.37 bits per heavy atom. The third-order valence-corrected chi connectivity index (χ3v) is 2.65. The second-order valence-corrected chi connectivity index (χ2v) is 4.82. The van der Waals surface area contributed by atoms with Gasteiger partial charge >= 0.3 is 6.03 Å². The van der Waals surface area contributed by atoms with E-state index in [1.165, 1.54) is 0 Å². The number of hydrogen-bond donors (Lipinski definition) is 3. The fraction of sp³-hybridized carbons (Fsp3) is 0.429. The van der Waals surface area contributed by atoms with E-state index in [1.54, 1.807) is 0 Å². The van der Waals surface area contributed by atoms with Gasteiger partial charge in [0, 0.05) is 11.6 Å². The zero-order chi connectivity index (χ0) is 14.3. The first kappa shape index (κ1) is 15.2. The maximum Gasteiger partial charge on any atom is 0.321 e. The van der Waals surface area contributed by atoms with E-state index in [0.29, 0.717) is 0 Å². The van der Waals surface area contributed by atoms with Gasteiger partial charge in [0.15, 0.2) is 6.54 Å². The topological polar surface area (TPSA) is 74.8 Å². The molecule has 1 aromatic rings. The average molecular weight is 264 g/mol. The predicted octanol–water partition coefficient (Wildman–Crippen LogP) is 0.545. The summed E-state index contributed by atoms with van der Waals surface area (Å²) < 4.78 is 0. The van der Waals surface area contributed by atoms with Gasteiger partial charge in [-0.3, -0.25) is 10.1 Å². The van der Waals surface area contributed by atoms with Gasteiger partial charge in [-0.15, -0.1) is 0 Å². The van der Waals surface area contributed by atoms with Crippen molar-refractivity contribution >= 4 is 11.9 Å². The van der Waals surface area contributed by atoms with Crippen LogP contribution in [0.5, 0.6) is 0 Å². The minimum absolute atomic E-state index is 0.0139. The molecule has 0 saturated carbocycles. The molecular weight excluding hydrogens is 242 g/mol. The number of benzene rings is 1. The van der Waals surface area contributed by atoms with Crippen LogP contribution in [-0.2, 0) is 4.79 Å². The molecule has 0 saturated heterocycles. The molecule has 0 aromatic heterocycles. The van der Waals surface area contributed by atoms with Gasteiger partial charge in [0.05, 0.1) is 0 Å². The van der Waals surface area contributed by atoms with Crippen LogP contribution in [0, 0.1) is 0 Å². The number of carbonyl (C=O) groups is 2. The SMILES string of the molecule is CC(C)NC(=O)NC(=O)C[NH2+][C@H](C)c1ccccc1. The van der Waals surface area contributed by atoms with Crippen LogP contribution in [0.15, 0.2) is 30.3 Å². The highest BCUT2D eigenvalue weighted by atomic mass is 16.2. The average Bonchev–Trinajstić information content (AvgIpc) is 2.36. The standard InChI is InChI=1S/C14H21N3O2/c1-10(2)16-14(19)17-13(18)9-15-11(3)12-7-5-4-6-8-12/h4-8,10-11,15H,9H2,1-3H3,(H2,16,17,18,19)/p+1/t11-/m1/s1. The number of imide groups is 1. The predicted molar refractivity (Wildman–Crippen MR) is 73.5 cm³/mol. The van der Waals surface area contributed by atoms with Crippen molar-refractivity contribution in [3.8, 4) is 0 Å². The van der Waals surface area contributed by atoms with E-state index < -0.39 is 6.03 Å². The molecule has 0 fully saturated rings. The molecule has 4 N–H and O–H groups in total. The van der Waals surface area contributed by atoms with E-state index in [1.807, 2.05) is 56.4 Å². The molecule has 5 nitrogen and oxygen atoms in total. The molecular formula is C14H22N3O2+. The van der Waals surface area contributed by atoms with E-state index in [0.717, 1.165) is 5.56 Å². The van der Waals surface area contributed by atoms with Gasteiger partial charge in [-0.05, 0) is 20.8 Å². The Morgan fingerprint density at radius 1 is 1.16 bits per heavy atom. The molecule has 0 radical (unpaired) electrons. The third-order valence-electron chi connectivity index (χ3n) is 2.65. The zero-order valence-electron chi connectivity index (χ0n) is 11.6. The number of nitrogens with one attached hydrogen (secondary N) is 2. The third kappa shape index (κ3) is 6.01. The van der Waals surface area contributed by atoms with Crippen LogP contribution in [0.25, 0.3) is 0 Å². The molecule has 1 atom stereocenters. The maximum atomic E-state index is 11.6. The van der Waals surface area contributed by atoms with Crippen molar-refractivity contribution in [1.82, 2.24) is 10.6 Å². The van der Waals surface area contributed by atoms with Crippen molar-refractivity contribution < 1.29 is 14.9 Å². The van der Waals surface area contributed by atoms with Crippen molar-refractivity contribution in [2.75, 3.05) is 6.54 Å². The Hall–Kier alpha value is -1.88. The lowest BCUT2D eigenvalue weighted by molar-refractivity contribution is -0.682. The Bertz CT molecular complexity index is 418. The van der Waals surface area contributed by atoms with Crippen molar-refractivity contribution in [2.45, 2.75) is 32.9 Å². The molecule has 19 heavy (non-hydrogen) atoms. The summed E-state index contributed by atoms with van der Waals surface area (Å²) in [7, 11) is 0. The van der Waals surface area contributed by atoms with Crippen LogP contribution in [0.4, 0.5) is 4.79 Å². The molecule has 104 valence electrons. The van der Waals surface area contributed by atoms with E-state index in [4.69, 9.17) is 0 Å². The molecule has 0 bridgehead atoms. The normalized spacial score (nSPS) is 12.0. The largest absolute Gasteiger partial charge is 0.336 e. The maximum absolute atomic E-state index is 11.6. The second-order valence-electron chi connectivity index (χ2n) is 4.82. The summed E-state index contributed by atoms with van der Waals surface area (Å²) in [6.07, 6.45) is 0. The second kappa shape index (κ2) is 7.53. The van der Waals surface area contributed by atoms with Crippen LogP contribution in [0.2, 0.25) is 0 Å². The lowest BCUT2D eigenvalue weighted by Gasteiger charge is -2.12. The summed E-state index contributed by atoms with van der Waals surface area (Å²) in [4.78, 5) is 22.9. The van der Waals surface area contributed by atoms with Crippen molar-refractivity contribution in [2.24, 2.45) is 0 Å². The fourth-order valence-electron chi connectivity index (χ4n) is 1.65. The summed E-state index contributed by atoms with van der Waals surface area (Å²) in [6, 6.07) is 9.68. The van der Waals surface area contributed by atoms with Crippen LogP contribution in [0.1, 0.15) is 32.4 Å². The minimum Gasteiger partial charge on any atom is -0.336 e. The first-order valence-electron chi connectivity index (χ1n) is 6.47. The van der Waals surface area contributed by atoms with Gasteiger partial charge in [0.1, 0.15) is 6.04 Å². The van der Waals surface area contributed by atoms with Crippen molar-refractivity contribution in [1.29, 1.82) is 0 Å². The summed E-state index contributed by atoms with van der Waals surface area (Å²) >= 11 is 0. The van der Waals surface area contributed by atoms with E-state index in [2.05, 4.69) is 10.6 Å². The molecule has 5 heteroatoms. The summed E-state index contributed by atoms with van der Waals surface area (Å²) in [6.45, 7) is 5.93. The van der Waals surface area contributed by atoms with Gasteiger partial charge in [-0.1, -0.05) is 30.3 Å². The molecule has 0 spiro atoms. The number of hydrogen-bond acceptors (Lipinski definition) is 2. The highest BCUT2D eigenvalue weighted by Crippen LogP contribution is 2.05. The number of rotatable bonds is 5. The summed E-state index contributed by atoms with van der Waals surface area (Å²) in [5.41, 5.74) is 1.15. The number of carbonyl (C=O) groups excluding carboxylic acids is 2. The van der Waals surface area contributed by atoms with Crippen molar-refractivity contribution in [3.63, 3.8) is 0 Å². The lowest BCUT2D eigenvalue weighted by atomic mass is 10.1. The Morgan fingerprint density at radius 2 is 1.79 bits per heavy atom. The number of amides is 3. The molecule has 3 amide bonds. The van der Waals surface area contributed by atoms with Crippen LogP contribution in [0.3, 0.4) is 0 Å². The monoisotopic (exact) mass is 264 g/mol. The van der Waals surface area contributed by atoms with E-state index in [-0.39, 0.29) is 24.5 Å². The molecule has 0 aliphatic rings. The summed E-state index contributed by atoms with van der Waals surface area (Å²) in [5, 5.41) is 6.80. The Labute approximate surface area is 113 Å². The first-order valence-corrected chi connectivity index (χ1v) is 6.47. The molecule has 1 aromatic carbocycles. The molecule has 0 aliphatic heterocycles. The molecule has 1 rings (SSSR count). The smallest absolute Gasteiger partial charge is 0.321 e. The van der Waals surface area contributed by atoms with Crippen molar-refractivity contribution in [3.05, 3.63) is 35.9 Å². The molecule has 0 unspecified atom stereocenters. The van der Waals surface area contributed by atoms with Crippen LogP contribution >= 0.6 is 0 Å². The van der Waals surface area contributed by atoms with Gasteiger partial charge in [-0.2, -0.15) is 0 Å².